The Morgan fingerprint density at radius 3 is 2.65 bits per heavy atom. The molecule has 1 heterocycles. The minimum atomic E-state index is -0.142. The molecule has 2 N–H and O–H groups in total. The Kier molecular flexibility index (Phi) is 4.96. The first-order valence-electron chi connectivity index (χ1n) is 5.40. The molecule has 0 radical (unpaired) electrons. The van der Waals surface area contributed by atoms with Gasteiger partial charge in [0.1, 0.15) is 5.69 Å². The van der Waals surface area contributed by atoms with E-state index in [0.29, 0.717) is 30.2 Å². The summed E-state index contributed by atoms with van der Waals surface area (Å²) in [6.45, 7) is 4.84. The second-order valence-electron chi connectivity index (χ2n) is 3.64. The van der Waals surface area contributed by atoms with Gasteiger partial charge < -0.3 is 10.6 Å². The van der Waals surface area contributed by atoms with Gasteiger partial charge in [-0.15, -0.1) is 0 Å². The monoisotopic (exact) mass is 252 g/mol. The Labute approximate surface area is 106 Å². The average molecular weight is 252 g/mol. The molecule has 0 aliphatic carbocycles. The third-order valence-corrected chi connectivity index (χ3v) is 2.50. The van der Waals surface area contributed by atoms with Crippen molar-refractivity contribution in [2.24, 2.45) is 5.73 Å². The Hall–Kier alpha value is -1.56. The topological polar surface area (TPSA) is 72.1 Å². The van der Waals surface area contributed by atoms with Gasteiger partial charge in [0.25, 0.3) is 5.91 Å². The van der Waals surface area contributed by atoms with Crippen molar-refractivity contribution < 1.29 is 4.79 Å². The van der Waals surface area contributed by atoms with Crippen molar-refractivity contribution in [1.29, 1.82) is 0 Å². The van der Waals surface area contributed by atoms with Crippen LogP contribution in [-0.4, -0.2) is 38.9 Å². The minimum absolute atomic E-state index is 0.142. The van der Waals surface area contributed by atoms with Crippen LogP contribution in [0.1, 0.15) is 29.5 Å². The molecule has 0 fully saturated rings. The first-order chi connectivity index (χ1) is 8.04. The predicted octanol–water partition coefficient (Wildman–Crippen LogP) is 0.923. The molecule has 0 aliphatic heterocycles. The van der Waals surface area contributed by atoms with Crippen LogP contribution in [0.15, 0.2) is 12.4 Å². The number of carbonyl (C=O) groups is 1. The zero-order valence-corrected chi connectivity index (χ0v) is 10.8. The number of nitrogens with two attached hydrogens (primary N) is 1. The minimum Gasteiger partial charge on any atom is -0.393 e. The van der Waals surface area contributed by atoms with E-state index in [2.05, 4.69) is 9.97 Å². The van der Waals surface area contributed by atoms with E-state index in [1.54, 1.807) is 11.1 Å². The number of nitrogens with zero attached hydrogens (tertiary/aromatic N) is 3. The van der Waals surface area contributed by atoms with E-state index < -0.39 is 0 Å². The van der Waals surface area contributed by atoms with Crippen LogP contribution < -0.4 is 5.73 Å². The highest BCUT2D eigenvalue weighted by Gasteiger charge is 2.15. The van der Waals surface area contributed by atoms with Crippen molar-refractivity contribution >= 4 is 23.1 Å². The van der Waals surface area contributed by atoms with Gasteiger partial charge in [0.05, 0.1) is 16.9 Å². The van der Waals surface area contributed by atoms with Gasteiger partial charge in [-0.05, 0) is 13.8 Å². The molecule has 0 spiro atoms. The van der Waals surface area contributed by atoms with Gasteiger partial charge in [0.2, 0.25) is 0 Å². The SMILES string of the molecule is CCN(CCC(N)=S)C(=O)c1cnc(C)cn1. The van der Waals surface area contributed by atoms with Crippen molar-refractivity contribution in [3.05, 3.63) is 23.8 Å². The molecule has 5 nitrogen and oxygen atoms in total. The highest BCUT2D eigenvalue weighted by atomic mass is 32.1. The molecule has 1 aromatic heterocycles. The van der Waals surface area contributed by atoms with Gasteiger partial charge in [0.15, 0.2) is 0 Å². The Morgan fingerprint density at radius 1 is 1.47 bits per heavy atom. The molecule has 17 heavy (non-hydrogen) atoms. The molecule has 0 saturated carbocycles. The smallest absolute Gasteiger partial charge is 0.274 e. The summed E-state index contributed by atoms with van der Waals surface area (Å²) in [6, 6.07) is 0. The fourth-order valence-electron chi connectivity index (χ4n) is 1.31. The molecule has 1 aromatic rings. The number of carbonyl (C=O) groups excluding carboxylic acids is 1. The molecular formula is C11H16N4OS. The van der Waals surface area contributed by atoms with Crippen LogP contribution >= 0.6 is 12.2 Å². The molecule has 0 aliphatic rings. The first-order valence-corrected chi connectivity index (χ1v) is 5.81. The zero-order chi connectivity index (χ0) is 12.8. The van der Waals surface area contributed by atoms with E-state index in [-0.39, 0.29) is 5.91 Å². The summed E-state index contributed by atoms with van der Waals surface area (Å²) in [6.07, 6.45) is 3.59. The number of amides is 1. The zero-order valence-electron chi connectivity index (χ0n) is 10.0. The quantitative estimate of drug-likeness (QED) is 0.789. The normalized spacial score (nSPS) is 10.0. The summed E-state index contributed by atoms with van der Waals surface area (Å²) in [5.74, 6) is -0.142. The molecule has 1 rings (SSSR count). The van der Waals surface area contributed by atoms with E-state index in [4.69, 9.17) is 18.0 Å². The third-order valence-electron chi connectivity index (χ3n) is 2.30. The summed E-state index contributed by atoms with van der Waals surface area (Å²) in [7, 11) is 0. The van der Waals surface area contributed by atoms with Crippen LogP contribution in [0.3, 0.4) is 0 Å². The lowest BCUT2D eigenvalue weighted by atomic mass is 10.3. The van der Waals surface area contributed by atoms with E-state index in [0.717, 1.165) is 5.69 Å². The molecule has 0 aromatic carbocycles. The average Bonchev–Trinajstić information content (AvgIpc) is 2.30. The van der Waals surface area contributed by atoms with E-state index in [1.807, 2.05) is 13.8 Å². The van der Waals surface area contributed by atoms with Crippen molar-refractivity contribution in [2.75, 3.05) is 13.1 Å². The number of hydrogen-bond acceptors (Lipinski definition) is 4. The number of hydrogen-bond donors (Lipinski definition) is 1. The van der Waals surface area contributed by atoms with Crippen LogP contribution in [0.2, 0.25) is 0 Å². The van der Waals surface area contributed by atoms with Crippen LogP contribution in [0.25, 0.3) is 0 Å². The van der Waals surface area contributed by atoms with Gasteiger partial charge >= 0.3 is 0 Å². The Balaban J connectivity index is 2.71. The highest BCUT2D eigenvalue weighted by Crippen LogP contribution is 2.02. The number of aryl methyl sites for hydroxylation is 1. The van der Waals surface area contributed by atoms with Crippen LogP contribution in [0, 0.1) is 6.92 Å². The molecular weight excluding hydrogens is 236 g/mol. The van der Waals surface area contributed by atoms with Gasteiger partial charge in [-0.2, -0.15) is 0 Å². The van der Waals surface area contributed by atoms with E-state index in [1.165, 1.54) is 6.20 Å². The van der Waals surface area contributed by atoms with Crippen molar-refractivity contribution in [2.45, 2.75) is 20.3 Å². The molecule has 92 valence electrons. The molecule has 0 bridgehead atoms. The summed E-state index contributed by atoms with van der Waals surface area (Å²) in [5, 5.41) is 0. The molecule has 0 atom stereocenters. The van der Waals surface area contributed by atoms with E-state index >= 15 is 0 Å². The second-order valence-corrected chi connectivity index (χ2v) is 4.17. The molecule has 6 heteroatoms. The van der Waals surface area contributed by atoms with Crippen molar-refractivity contribution in [3.8, 4) is 0 Å². The van der Waals surface area contributed by atoms with Gasteiger partial charge in [-0.25, -0.2) is 4.98 Å². The predicted molar refractivity (Wildman–Crippen MR) is 69.7 cm³/mol. The Bertz CT molecular complexity index is 404. The third kappa shape index (κ3) is 4.07. The number of thiocarbonyl (C=S) groups is 1. The van der Waals surface area contributed by atoms with Crippen molar-refractivity contribution in [3.63, 3.8) is 0 Å². The molecule has 1 amide bonds. The van der Waals surface area contributed by atoms with E-state index in [9.17, 15) is 4.79 Å². The Morgan fingerprint density at radius 2 is 2.18 bits per heavy atom. The lowest BCUT2D eigenvalue weighted by Crippen LogP contribution is -2.34. The lowest BCUT2D eigenvalue weighted by molar-refractivity contribution is 0.0762. The van der Waals surface area contributed by atoms with Gasteiger partial charge in [0, 0.05) is 25.7 Å². The summed E-state index contributed by atoms with van der Waals surface area (Å²) >= 11 is 4.79. The summed E-state index contributed by atoms with van der Waals surface area (Å²) in [4.78, 5) is 22.2. The maximum absolute atomic E-state index is 12.0. The first kappa shape index (κ1) is 13.5. The van der Waals surface area contributed by atoms with Crippen LogP contribution in [-0.2, 0) is 0 Å². The largest absolute Gasteiger partial charge is 0.393 e. The van der Waals surface area contributed by atoms with Crippen molar-refractivity contribution in [1.82, 2.24) is 14.9 Å². The second kappa shape index (κ2) is 6.24. The highest BCUT2D eigenvalue weighted by molar-refractivity contribution is 7.80. The van der Waals surface area contributed by atoms with Crippen LogP contribution in [0.5, 0.6) is 0 Å². The number of rotatable bonds is 5. The van der Waals surface area contributed by atoms with Crippen LogP contribution in [0.4, 0.5) is 0 Å². The van der Waals surface area contributed by atoms with Gasteiger partial charge in [-0.1, -0.05) is 12.2 Å². The fraction of sp³-hybridized carbons (Fsp3) is 0.455. The molecule has 0 unspecified atom stereocenters. The maximum Gasteiger partial charge on any atom is 0.274 e. The fourth-order valence-corrected chi connectivity index (χ4v) is 1.40. The molecule has 0 saturated heterocycles. The lowest BCUT2D eigenvalue weighted by Gasteiger charge is -2.19. The number of aromatic nitrogens is 2. The maximum atomic E-state index is 12.0. The summed E-state index contributed by atoms with van der Waals surface area (Å²) in [5.41, 5.74) is 6.55. The standard InChI is InChI=1S/C11H16N4OS/c1-3-15(5-4-10(12)17)11(16)9-7-13-8(2)6-14-9/h6-7H,3-5H2,1-2H3,(H2,12,17). The summed E-state index contributed by atoms with van der Waals surface area (Å²) < 4.78 is 0. The van der Waals surface area contributed by atoms with Gasteiger partial charge in [-0.3, -0.25) is 9.78 Å².